The van der Waals surface area contributed by atoms with Crippen LogP contribution in [0.4, 0.5) is 0 Å². The summed E-state index contributed by atoms with van der Waals surface area (Å²) in [5.74, 6) is 0. The molecule has 1 N–H and O–H groups in total. The molecule has 6 heteroatoms. The van der Waals surface area contributed by atoms with E-state index in [0.717, 1.165) is 18.5 Å². The lowest BCUT2D eigenvalue weighted by molar-refractivity contribution is 0.180. The van der Waals surface area contributed by atoms with E-state index < -0.39 is 10.0 Å². The van der Waals surface area contributed by atoms with E-state index in [0.29, 0.717) is 24.6 Å². The minimum Gasteiger partial charge on any atom is -0.383 e. The van der Waals surface area contributed by atoms with Crippen LogP contribution in [0, 0.1) is 0 Å². The summed E-state index contributed by atoms with van der Waals surface area (Å²) in [6, 6.07) is 7.09. The number of methoxy groups -OCH3 is 1. The molecule has 0 aliphatic heterocycles. The average Bonchev–Trinajstić information content (AvgIpc) is 2.46. The highest BCUT2D eigenvalue weighted by Crippen LogP contribution is 2.16. The summed E-state index contributed by atoms with van der Waals surface area (Å²) in [6.07, 6.45) is 0.887. The van der Waals surface area contributed by atoms with Crippen molar-refractivity contribution in [3.05, 3.63) is 29.8 Å². The van der Waals surface area contributed by atoms with E-state index >= 15 is 0 Å². The number of hydrogen-bond acceptors (Lipinski definition) is 4. The molecule has 0 fully saturated rings. The van der Waals surface area contributed by atoms with Crippen LogP contribution in [0.2, 0.25) is 0 Å². The second-order valence-electron chi connectivity index (χ2n) is 4.49. The van der Waals surface area contributed by atoms with E-state index in [2.05, 4.69) is 5.32 Å². The predicted molar refractivity (Wildman–Crippen MR) is 80.4 cm³/mol. The molecule has 0 saturated carbocycles. The quantitative estimate of drug-likeness (QED) is 0.742. The first kappa shape index (κ1) is 17.1. The van der Waals surface area contributed by atoms with Gasteiger partial charge < -0.3 is 10.1 Å². The lowest BCUT2D eigenvalue weighted by atomic mass is 10.1. The maximum Gasteiger partial charge on any atom is 0.243 e. The van der Waals surface area contributed by atoms with Crippen molar-refractivity contribution in [2.24, 2.45) is 0 Å². The first-order valence-corrected chi connectivity index (χ1v) is 8.23. The molecule has 0 aliphatic carbocycles. The van der Waals surface area contributed by atoms with Crippen molar-refractivity contribution in [2.75, 3.05) is 40.4 Å². The monoisotopic (exact) mass is 300 g/mol. The number of hydrogen-bond donors (Lipinski definition) is 1. The van der Waals surface area contributed by atoms with Crippen LogP contribution in [-0.4, -0.2) is 53.1 Å². The Morgan fingerprint density at radius 2 is 1.90 bits per heavy atom. The van der Waals surface area contributed by atoms with Gasteiger partial charge >= 0.3 is 0 Å². The summed E-state index contributed by atoms with van der Waals surface area (Å²) >= 11 is 0. The smallest absolute Gasteiger partial charge is 0.243 e. The SMILES string of the molecule is CCN(CCOC)S(=O)(=O)c1ccc(CCNC)cc1. The molecule has 1 aromatic carbocycles. The van der Waals surface area contributed by atoms with Crippen molar-refractivity contribution in [2.45, 2.75) is 18.2 Å². The lowest BCUT2D eigenvalue weighted by Gasteiger charge is -2.20. The maximum absolute atomic E-state index is 12.5. The lowest BCUT2D eigenvalue weighted by Crippen LogP contribution is -2.33. The second kappa shape index (κ2) is 8.36. The van der Waals surface area contributed by atoms with Crippen molar-refractivity contribution in [1.29, 1.82) is 0 Å². The van der Waals surface area contributed by atoms with Crippen LogP contribution in [0.5, 0.6) is 0 Å². The molecule has 0 aromatic heterocycles. The average molecular weight is 300 g/mol. The normalized spacial score (nSPS) is 12.0. The second-order valence-corrected chi connectivity index (χ2v) is 6.42. The first-order valence-electron chi connectivity index (χ1n) is 6.78. The molecule has 0 amide bonds. The highest BCUT2D eigenvalue weighted by Gasteiger charge is 2.22. The molecule has 0 radical (unpaired) electrons. The van der Waals surface area contributed by atoms with Gasteiger partial charge in [0, 0.05) is 20.2 Å². The Balaban J connectivity index is 2.85. The van der Waals surface area contributed by atoms with Crippen molar-refractivity contribution < 1.29 is 13.2 Å². The van der Waals surface area contributed by atoms with Gasteiger partial charge in [0.05, 0.1) is 11.5 Å². The molecule has 0 spiro atoms. The first-order chi connectivity index (χ1) is 9.56. The van der Waals surface area contributed by atoms with Gasteiger partial charge in [0.15, 0.2) is 0 Å². The van der Waals surface area contributed by atoms with Crippen LogP contribution in [0.3, 0.4) is 0 Å². The van der Waals surface area contributed by atoms with Gasteiger partial charge in [-0.05, 0) is 37.7 Å². The van der Waals surface area contributed by atoms with Crippen molar-refractivity contribution in [3.63, 3.8) is 0 Å². The molecule has 20 heavy (non-hydrogen) atoms. The summed E-state index contributed by atoms with van der Waals surface area (Å²) in [6.45, 7) is 3.91. The van der Waals surface area contributed by atoms with Gasteiger partial charge in [-0.15, -0.1) is 0 Å². The number of rotatable bonds is 9. The van der Waals surface area contributed by atoms with Crippen molar-refractivity contribution in [3.8, 4) is 0 Å². The molecule has 1 aromatic rings. The maximum atomic E-state index is 12.5. The number of benzene rings is 1. The van der Waals surface area contributed by atoms with E-state index in [9.17, 15) is 8.42 Å². The molecule has 0 aliphatic rings. The van der Waals surface area contributed by atoms with Gasteiger partial charge in [-0.3, -0.25) is 0 Å². The summed E-state index contributed by atoms with van der Waals surface area (Å²) in [5, 5.41) is 3.07. The summed E-state index contributed by atoms with van der Waals surface area (Å²) < 4.78 is 31.3. The molecule has 0 unspecified atom stereocenters. The summed E-state index contributed by atoms with van der Waals surface area (Å²) in [5.41, 5.74) is 1.12. The topological polar surface area (TPSA) is 58.6 Å². The van der Waals surface area contributed by atoms with Crippen LogP contribution in [0.15, 0.2) is 29.2 Å². The molecule has 5 nitrogen and oxygen atoms in total. The Labute approximate surface area is 122 Å². The third-order valence-corrected chi connectivity index (χ3v) is 5.11. The fourth-order valence-electron chi connectivity index (χ4n) is 1.89. The minimum atomic E-state index is -3.42. The molecular formula is C14H24N2O3S. The third-order valence-electron chi connectivity index (χ3n) is 3.12. The van der Waals surface area contributed by atoms with Crippen LogP contribution < -0.4 is 5.32 Å². The highest BCUT2D eigenvalue weighted by molar-refractivity contribution is 7.89. The van der Waals surface area contributed by atoms with E-state index in [4.69, 9.17) is 4.74 Å². The number of nitrogens with zero attached hydrogens (tertiary/aromatic N) is 1. The van der Waals surface area contributed by atoms with Gasteiger partial charge in [-0.25, -0.2) is 8.42 Å². The molecule has 0 bridgehead atoms. The van der Waals surface area contributed by atoms with Gasteiger partial charge in [-0.1, -0.05) is 19.1 Å². The van der Waals surface area contributed by atoms with E-state index in [1.165, 1.54) is 4.31 Å². The summed E-state index contributed by atoms with van der Waals surface area (Å²) in [7, 11) is 0.0401. The standard InChI is InChI=1S/C14H24N2O3S/c1-4-16(11-12-19-3)20(17,18)14-7-5-13(6-8-14)9-10-15-2/h5-8,15H,4,9-12H2,1-3H3. The van der Waals surface area contributed by atoms with E-state index in [1.807, 2.05) is 26.1 Å². The Kier molecular flexibility index (Phi) is 7.15. The predicted octanol–water partition coefficient (Wildman–Crippen LogP) is 1.11. The number of nitrogens with one attached hydrogen (secondary N) is 1. The molecule has 0 saturated heterocycles. The van der Waals surface area contributed by atoms with Crippen molar-refractivity contribution >= 4 is 10.0 Å². The third kappa shape index (κ3) is 4.56. The molecular weight excluding hydrogens is 276 g/mol. The van der Waals surface area contributed by atoms with Crippen LogP contribution in [-0.2, 0) is 21.2 Å². The molecule has 114 valence electrons. The Bertz CT molecular complexity index is 486. The molecule has 1 rings (SSSR count). The van der Waals surface area contributed by atoms with Crippen LogP contribution in [0.1, 0.15) is 12.5 Å². The van der Waals surface area contributed by atoms with Crippen LogP contribution >= 0.6 is 0 Å². The van der Waals surface area contributed by atoms with Crippen LogP contribution in [0.25, 0.3) is 0 Å². The fourth-order valence-corrected chi connectivity index (χ4v) is 3.32. The molecule has 0 heterocycles. The van der Waals surface area contributed by atoms with E-state index in [-0.39, 0.29) is 0 Å². The number of sulfonamides is 1. The zero-order valence-electron chi connectivity index (χ0n) is 12.4. The van der Waals surface area contributed by atoms with Gasteiger partial charge in [0.2, 0.25) is 10.0 Å². The number of likely N-dealkylation sites (N-methyl/N-ethyl adjacent to an activating group) is 2. The number of ether oxygens (including phenoxy) is 1. The minimum absolute atomic E-state index is 0.337. The fraction of sp³-hybridized carbons (Fsp3) is 0.571. The summed E-state index contributed by atoms with van der Waals surface area (Å²) in [4.78, 5) is 0.337. The zero-order valence-corrected chi connectivity index (χ0v) is 13.2. The van der Waals surface area contributed by atoms with Gasteiger partial charge in [-0.2, -0.15) is 4.31 Å². The zero-order chi connectivity index (χ0) is 15.0. The van der Waals surface area contributed by atoms with Crippen molar-refractivity contribution in [1.82, 2.24) is 9.62 Å². The Hall–Kier alpha value is -0.950. The molecule has 0 atom stereocenters. The van der Waals surface area contributed by atoms with Gasteiger partial charge in [0.25, 0.3) is 0 Å². The highest BCUT2D eigenvalue weighted by atomic mass is 32.2. The van der Waals surface area contributed by atoms with E-state index in [1.54, 1.807) is 19.2 Å². The van der Waals surface area contributed by atoms with Gasteiger partial charge in [0.1, 0.15) is 0 Å². The Morgan fingerprint density at radius 1 is 1.25 bits per heavy atom. The Morgan fingerprint density at radius 3 is 2.40 bits per heavy atom. The largest absolute Gasteiger partial charge is 0.383 e.